The third kappa shape index (κ3) is 3.37. The van der Waals surface area contributed by atoms with Crippen molar-refractivity contribution in [3.8, 4) is 11.5 Å². The fourth-order valence-corrected chi connectivity index (χ4v) is 4.03. The summed E-state index contributed by atoms with van der Waals surface area (Å²) in [6.45, 7) is 2.75. The van der Waals surface area contributed by atoms with Gasteiger partial charge in [0, 0.05) is 24.2 Å². The number of carbonyl (C=O) groups is 1. The van der Waals surface area contributed by atoms with E-state index >= 15 is 0 Å². The van der Waals surface area contributed by atoms with Crippen LogP contribution in [0.2, 0.25) is 0 Å². The zero-order chi connectivity index (χ0) is 19.9. The van der Waals surface area contributed by atoms with Crippen molar-refractivity contribution in [3.05, 3.63) is 52.3 Å². The number of nitrogens with zero attached hydrogens (tertiary/aromatic N) is 2. The summed E-state index contributed by atoms with van der Waals surface area (Å²) in [4.78, 5) is 17.1. The Morgan fingerprint density at radius 1 is 1.21 bits per heavy atom. The van der Waals surface area contributed by atoms with Gasteiger partial charge in [0.2, 0.25) is 6.79 Å². The Hall–Kier alpha value is -2.81. The molecule has 3 aromatic rings. The number of carbonyl (C=O) groups excluding carboxylic acids is 1. The molecule has 4 rings (SSSR count). The maximum absolute atomic E-state index is 12.9. The van der Waals surface area contributed by atoms with Crippen molar-refractivity contribution in [1.82, 2.24) is 4.57 Å². The summed E-state index contributed by atoms with van der Waals surface area (Å²) in [5.74, 6) is 0.515. The minimum absolute atomic E-state index is 0.107. The van der Waals surface area contributed by atoms with E-state index in [1.165, 1.54) is 23.5 Å². The third-order valence-electron chi connectivity index (χ3n) is 4.26. The predicted octanol–water partition coefficient (Wildman–Crippen LogP) is 4.60. The Balaban J connectivity index is 1.81. The molecule has 0 bridgehead atoms. The van der Waals surface area contributed by atoms with Crippen LogP contribution in [0, 0.1) is 0 Å². The van der Waals surface area contributed by atoms with Crippen LogP contribution in [0.15, 0.2) is 41.4 Å². The van der Waals surface area contributed by atoms with Crippen LogP contribution in [0.3, 0.4) is 0 Å². The highest BCUT2D eigenvalue weighted by Gasteiger charge is 2.31. The number of aromatic nitrogens is 1. The fourth-order valence-electron chi connectivity index (χ4n) is 2.96. The largest absolute Gasteiger partial charge is 0.454 e. The Kier molecular flexibility index (Phi) is 4.62. The number of halogens is 3. The van der Waals surface area contributed by atoms with Crippen LogP contribution < -0.4 is 14.3 Å². The van der Waals surface area contributed by atoms with Crippen molar-refractivity contribution >= 4 is 27.5 Å². The van der Waals surface area contributed by atoms with Crippen LogP contribution in [-0.2, 0) is 12.7 Å². The van der Waals surface area contributed by atoms with Crippen molar-refractivity contribution < 1.29 is 27.4 Å². The van der Waals surface area contributed by atoms with Gasteiger partial charge in [-0.3, -0.25) is 4.79 Å². The average Bonchev–Trinajstić information content (AvgIpc) is 3.24. The lowest BCUT2D eigenvalue weighted by molar-refractivity contribution is -0.137. The molecular weight excluding hydrogens is 393 g/mol. The first-order valence-electron chi connectivity index (χ1n) is 8.56. The smallest absolute Gasteiger partial charge is 0.416 e. The van der Waals surface area contributed by atoms with Gasteiger partial charge in [0.25, 0.3) is 5.91 Å². The van der Waals surface area contributed by atoms with Crippen molar-refractivity contribution in [2.45, 2.75) is 26.1 Å². The second-order valence-corrected chi connectivity index (χ2v) is 7.21. The van der Waals surface area contributed by atoms with E-state index < -0.39 is 17.6 Å². The highest BCUT2D eigenvalue weighted by Crippen LogP contribution is 2.37. The number of alkyl halides is 3. The van der Waals surface area contributed by atoms with Crippen LogP contribution in [-0.4, -0.2) is 17.3 Å². The van der Waals surface area contributed by atoms with E-state index in [1.807, 2.05) is 23.6 Å². The molecule has 0 saturated heterocycles. The molecule has 2 aromatic carbocycles. The summed E-state index contributed by atoms with van der Waals surface area (Å²) in [7, 11) is 0. The van der Waals surface area contributed by atoms with Gasteiger partial charge < -0.3 is 14.0 Å². The third-order valence-corrected chi connectivity index (χ3v) is 5.30. The molecule has 1 amide bonds. The van der Waals surface area contributed by atoms with E-state index in [9.17, 15) is 18.0 Å². The van der Waals surface area contributed by atoms with Crippen molar-refractivity contribution in [3.63, 3.8) is 0 Å². The van der Waals surface area contributed by atoms with Crippen LogP contribution in [0.4, 0.5) is 13.2 Å². The SMILES string of the molecule is CCCn1c(=NC(=O)c2cccc(C(F)(F)F)c2)sc2cc3c(cc21)OCO3. The molecule has 146 valence electrons. The first-order valence-corrected chi connectivity index (χ1v) is 9.38. The van der Waals surface area contributed by atoms with Crippen LogP contribution in [0.5, 0.6) is 11.5 Å². The first kappa shape index (κ1) is 18.5. The first-order chi connectivity index (χ1) is 13.4. The fraction of sp³-hybridized carbons (Fsp3) is 0.263. The molecule has 28 heavy (non-hydrogen) atoms. The van der Waals surface area contributed by atoms with Crippen LogP contribution in [0.25, 0.3) is 10.2 Å². The molecule has 9 heteroatoms. The molecule has 0 N–H and O–H groups in total. The lowest BCUT2D eigenvalue weighted by Crippen LogP contribution is -2.17. The van der Waals surface area contributed by atoms with Crippen molar-refractivity contribution in [1.29, 1.82) is 0 Å². The molecule has 5 nitrogen and oxygen atoms in total. The molecule has 1 aliphatic heterocycles. The highest BCUT2D eigenvalue weighted by atomic mass is 32.1. The van der Waals surface area contributed by atoms with Crippen LogP contribution in [0.1, 0.15) is 29.3 Å². The number of hydrogen-bond donors (Lipinski definition) is 0. The van der Waals surface area contributed by atoms with E-state index in [-0.39, 0.29) is 12.4 Å². The topological polar surface area (TPSA) is 52.8 Å². The van der Waals surface area contributed by atoms with Gasteiger partial charge >= 0.3 is 6.18 Å². The summed E-state index contributed by atoms with van der Waals surface area (Å²) in [6, 6.07) is 7.93. The number of ether oxygens (including phenoxy) is 2. The number of fused-ring (bicyclic) bond motifs is 2. The summed E-state index contributed by atoms with van der Waals surface area (Å²) >= 11 is 1.28. The second-order valence-electron chi connectivity index (χ2n) is 6.20. The summed E-state index contributed by atoms with van der Waals surface area (Å²) in [6.07, 6.45) is -3.72. The monoisotopic (exact) mass is 408 g/mol. The number of rotatable bonds is 3. The van der Waals surface area contributed by atoms with Gasteiger partial charge in [0.05, 0.1) is 15.8 Å². The Labute approximate surface area is 161 Å². The Morgan fingerprint density at radius 3 is 2.68 bits per heavy atom. The molecule has 0 atom stereocenters. The molecule has 0 unspecified atom stereocenters. The Bertz CT molecular complexity index is 1130. The van der Waals surface area contributed by atoms with Gasteiger partial charge in [0.15, 0.2) is 16.3 Å². The zero-order valence-electron chi connectivity index (χ0n) is 14.7. The van der Waals surface area contributed by atoms with Gasteiger partial charge in [-0.25, -0.2) is 0 Å². The van der Waals surface area contributed by atoms with E-state index in [0.29, 0.717) is 22.8 Å². The zero-order valence-corrected chi connectivity index (χ0v) is 15.6. The predicted molar refractivity (Wildman–Crippen MR) is 97.6 cm³/mol. The van der Waals surface area contributed by atoms with Gasteiger partial charge in [-0.15, -0.1) is 0 Å². The molecule has 0 aliphatic carbocycles. The molecule has 0 saturated carbocycles. The maximum Gasteiger partial charge on any atom is 0.416 e. The standard InChI is InChI=1S/C19H15F3N2O3S/c1-2-6-24-13-8-14-15(27-10-26-14)9-16(13)28-18(24)23-17(25)11-4-3-5-12(7-11)19(20,21)22/h3-5,7-9H,2,6,10H2,1H3. The lowest BCUT2D eigenvalue weighted by atomic mass is 10.1. The summed E-state index contributed by atoms with van der Waals surface area (Å²) < 4.78 is 52.2. The van der Waals surface area contributed by atoms with Crippen molar-refractivity contribution in [2.24, 2.45) is 4.99 Å². The number of hydrogen-bond acceptors (Lipinski definition) is 4. The quantitative estimate of drug-likeness (QED) is 0.636. The average molecular weight is 408 g/mol. The van der Waals surface area contributed by atoms with E-state index in [1.54, 1.807) is 0 Å². The van der Waals surface area contributed by atoms with Gasteiger partial charge in [-0.05, 0) is 24.6 Å². The molecule has 0 radical (unpaired) electrons. The molecule has 1 aromatic heterocycles. The molecular formula is C19H15F3N2O3S. The number of amides is 1. The van der Waals surface area contributed by atoms with E-state index in [0.717, 1.165) is 28.8 Å². The van der Waals surface area contributed by atoms with Gasteiger partial charge in [-0.1, -0.05) is 24.3 Å². The van der Waals surface area contributed by atoms with E-state index in [4.69, 9.17) is 9.47 Å². The molecule has 2 heterocycles. The minimum Gasteiger partial charge on any atom is -0.454 e. The second kappa shape index (κ2) is 6.97. The number of thiazole rings is 1. The maximum atomic E-state index is 12.9. The minimum atomic E-state index is -4.52. The highest BCUT2D eigenvalue weighted by molar-refractivity contribution is 7.16. The van der Waals surface area contributed by atoms with Crippen molar-refractivity contribution in [2.75, 3.05) is 6.79 Å². The summed E-state index contributed by atoms with van der Waals surface area (Å²) in [5.41, 5.74) is -0.145. The summed E-state index contributed by atoms with van der Waals surface area (Å²) in [5, 5.41) is 0. The number of aryl methyl sites for hydroxylation is 1. The normalized spacial score (nSPS) is 14.1. The Morgan fingerprint density at radius 2 is 1.96 bits per heavy atom. The molecule has 1 aliphatic rings. The van der Waals surface area contributed by atoms with E-state index in [2.05, 4.69) is 4.99 Å². The van der Waals surface area contributed by atoms with Gasteiger partial charge in [0.1, 0.15) is 0 Å². The van der Waals surface area contributed by atoms with Crippen LogP contribution >= 0.6 is 11.3 Å². The van der Waals surface area contributed by atoms with Gasteiger partial charge in [-0.2, -0.15) is 18.2 Å². The molecule has 0 fully saturated rings. The lowest BCUT2D eigenvalue weighted by Gasteiger charge is -2.07. The number of benzene rings is 2. The molecule has 0 spiro atoms.